The van der Waals surface area contributed by atoms with Gasteiger partial charge in [0.25, 0.3) is 0 Å². The van der Waals surface area contributed by atoms with Crippen LogP contribution in [0.4, 0.5) is 4.79 Å². The average Bonchev–Trinajstić information content (AvgIpc) is 2.74. The molecule has 2 heterocycles. The fraction of sp³-hybridized carbons (Fsp3) is 0.706. The highest BCUT2D eigenvalue weighted by atomic mass is 79.9. The molecule has 2 rings (SSSR count). The minimum Gasteiger partial charge on any atom is -0.444 e. The molecule has 6 heteroatoms. The second kappa shape index (κ2) is 7.53. The molecule has 0 radical (unpaired) electrons. The Morgan fingerprint density at radius 1 is 1.52 bits per heavy atom. The molecule has 0 saturated carbocycles. The topological polar surface area (TPSA) is 41.6 Å². The van der Waals surface area contributed by atoms with Crippen molar-refractivity contribution in [1.82, 2.24) is 10.2 Å². The number of amides is 1. The number of carbonyl (C=O) groups is 1. The number of carbonyl (C=O) groups excluding carboxylic acids is 1. The molecule has 0 bridgehead atoms. The molecular weight excluding hydrogens is 376 g/mol. The van der Waals surface area contributed by atoms with Gasteiger partial charge in [-0.3, -0.25) is 0 Å². The van der Waals surface area contributed by atoms with Gasteiger partial charge in [-0.1, -0.05) is 0 Å². The third-order valence-corrected chi connectivity index (χ3v) is 6.20. The highest BCUT2D eigenvalue weighted by Gasteiger charge is 2.33. The fourth-order valence-electron chi connectivity index (χ4n) is 2.83. The van der Waals surface area contributed by atoms with Crippen molar-refractivity contribution in [2.75, 3.05) is 6.54 Å². The van der Waals surface area contributed by atoms with Gasteiger partial charge in [-0.2, -0.15) is 0 Å². The molecule has 2 atom stereocenters. The van der Waals surface area contributed by atoms with E-state index < -0.39 is 5.60 Å². The van der Waals surface area contributed by atoms with Gasteiger partial charge in [0.1, 0.15) is 5.60 Å². The summed E-state index contributed by atoms with van der Waals surface area (Å²) in [5.41, 5.74) is -0.446. The van der Waals surface area contributed by atoms with E-state index in [1.165, 1.54) is 14.2 Å². The molecule has 0 aromatic carbocycles. The van der Waals surface area contributed by atoms with Crippen LogP contribution in [0.25, 0.3) is 0 Å². The molecule has 0 aliphatic carbocycles. The number of ether oxygens (including phenoxy) is 1. The summed E-state index contributed by atoms with van der Waals surface area (Å²) in [6.45, 7) is 11.6. The smallest absolute Gasteiger partial charge is 0.410 e. The van der Waals surface area contributed by atoms with Crippen molar-refractivity contribution in [1.29, 1.82) is 0 Å². The number of piperidine rings is 1. The predicted molar refractivity (Wildman–Crippen MR) is 99.0 cm³/mol. The average molecular weight is 403 g/mol. The van der Waals surface area contributed by atoms with Crippen LogP contribution in [0, 0.1) is 6.92 Å². The van der Waals surface area contributed by atoms with E-state index in [-0.39, 0.29) is 12.1 Å². The van der Waals surface area contributed by atoms with Gasteiger partial charge < -0.3 is 15.0 Å². The van der Waals surface area contributed by atoms with Crippen LogP contribution in [0.5, 0.6) is 0 Å². The number of thiophene rings is 1. The van der Waals surface area contributed by atoms with Crippen LogP contribution < -0.4 is 5.32 Å². The Balaban J connectivity index is 1.93. The summed E-state index contributed by atoms with van der Waals surface area (Å²) in [5.74, 6) is 0. The quantitative estimate of drug-likeness (QED) is 0.796. The van der Waals surface area contributed by atoms with E-state index in [1.807, 2.05) is 25.7 Å². The van der Waals surface area contributed by atoms with E-state index in [1.54, 1.807) is 11.3 Å². The standard InChI is InChI=1S/C17H27BrN2O2S/c1-11-15(19-10-13-9-14(18)12(2)23-13)7-6-8-20(11)16(21)22-17(3,4)5/h9,11,15,19H,6-8,10H2,1-5H3. The minimum atomic E-state index is -0.446. The Morgan fingerprint density at radius 2 is 2.22 bits per heavy atom. The molecule has 1 amide bonds. The lowest BCUT2D eigenvalue weighted by molar-refractivity contribution is 0.00700. The third kappa shape index (κ3) is 5.19. The molecule has 2 unspecified atom stereocenters. The maximum absolute atomic E-state index is 12.4. The number of aryl methyl sites for hydroxylation is 1. The normalized spacial score (nSPS) is 22.3. The van der Waals surface area contributed by atoms with Gasteiger partial charge in [0.15, 0.2) is 0 Å². The molecular formula is C17H27BrN2O2S. The summed E-state index contributed by atoms with van der Waals surface area (Å²) in [4.78, 5) is 16.8. The lowest BCUT2D eigenvalue weighted by Gasteiger charge is -2.40. The largest absolute Gasteiger partial charge is 0.444 e. The summed E-state index contributed by atoms with van der Waals surface area (Å²) in [6.07, 6.45) is 1.90. The first-order valence-electron chi connectivity index (χ1n) is 8.15. The van der Waals surface area contributed by atoms with Crippen LogP contribution in [0.1, 0.15) is 50.3 Å². The molecule has 1 N–H and O–H groups in total. The van der Waals surface area contributed by atoms with Crippen LogP contribution in [-0.2, 0) is 11.3 Å². The molecule has 1 aliphatic heterocycles. The second-order valence-corrected chi connectivity index (χ2v) is 9.36. The van der Waals surface area contributed by atoms with Crippen molar-refractivity contribution in [3.05, 3.63) is 20.3 Å². The number of hydrogen-bond acceptors (Lipinski definition) is 4. The van der Waals surface area contributed by atoms with Crippen molar-refractivity contribution in [3.63, 3.8) is 0 Å². The Labute approximate surface area is 151 Å². The summed E-state index contributed by atoms with van der Waals surface area (Å²) < 4.78 is 6.71. The lowest BCUT2D eigenvalue weighted by atomic mass is 9.98. The monoisotopic (exact) mass is 402 g/mol. The first-order chi connectivity index (χ1) is 10.7. The molecule has 1 aliphatic rings. The third-order valence-electron chi connectivity index (χ3n) is 4.06. The summed E-state index contributed by atoms with van der Waals surface area (Å²) in [6, 6.07) is 2.62. The van der Waals surface area contributed by atoms with Crippen molar-refractivity contribution in [3.8, 4) is 0 Å². The highest BCUT2D eigenvalue weighted by Crippen LogP contribution is 2.27. The van der Waals surface area contributed by atoms with Crippen LogP contribution in [0.3, 0.4) is 0 Å². The SMILES string of the molecule is Cc1sc(CNC2CCCN(C(=O)OC(C)(C)C)C2C)cc1Br. The van der Waals surface area contributed by atoms with E-state index in [4.69, 9.17) is 4.74 Å². The second-order valence-electron chi connectivity index (χ2n) is 7.16. The van der Waals surface area contributed by atoms with E-state index in [9.17, 15) is 4.79 Å². The Morgan fingerprint density at radius 3 is 2.78 bits per heavy atom. The van der Waals surface area contributed by atoms with Crippen LogP contribution in [-0.4, -0.2) is 35.2 Å². The molecule has 1 aromatic heterocycles. The molecule has 23 heavy (non-hydrogen) atoms. The number of likely N-dealkylation sites (tertiary alicyclic amines) is 1. The molecule has 1 aromatic rings. The van der Waals surface area contributed by atoms with Crippen molar-refractivity contribution >= 4 is 33.4 Å². The summed E-state index contributed by atoms with van der Waals surface area (Å²) in [7, 11) is 0. The van der Waals surface area contributed by atoms with Gasteiger partial charge in [-0.25, -0.2) is 4.79 Å². The zero-order valence-corrected chi connectivity index (χ0v) is 17.0. The van der Waals surface area contributed by atoms with Crippen molar-refractivity contribution in [2.24, 2.45) is 0 Å². The highest BCUT2D eigenvalue weighted by molar-refractivity contribution is 9.10. The van der Waals surface area contributed by atoms with Gasteiger partial charge in [0.2, 0.25) is 0 Å². The van der Waals surface area contributed by atoms with Crippen LogP contribution >= 0.6 is 27.3 Å². The first kappa shape index (κ1) is 18.7. The Bertz CT molecular complexity index is 534. The van der Waals surface area contributed by atoms with Gasteiger partial charge in [-0.15, -0.1) is 11.3 Å². The first-order valence-corrected chi connectivity index (χ1v) is 9.76. The molecule has 130 valence electrons. The van der Waals surface area contributed by atoms with E-state index >= 15 is 0 Å². The van der Waals surface area contributed by atoms with Crippen LogP contribution in [0.15, 0.2) is 10.5 Å². The van der Waals surface area contributed by atoms with Crippen LogP contribution in [0.2, 0.25) is 0 Å². The lowest BCUT2D eigenvalue weighted by Crippen LogP contribution is -2.55. The number of nitrogens with one attached hydrogen (secondary N) is 1. The van der Waals surface area contributed by atoms with E-state index in [2.05, 4.69) is 41.2 Å². The van der Waals surface area contributed by atoms with E-state index in [0.29, 0.717) is 6.04 Å². The molecule has 4 nitrogen and oxygen atoms in total. The zero-order chi connectivity index (χ0) is 17.2. The van der Waals surface area contributed by atoms with Crippen molar-refractivity contribution in [2.45, 2.75) is 71.7 Å². The summed E-state index contributed by atoms with van der Waals surface area (Å²) >= 11 is 5.37. The number of hydrogen-bond donors (Lipinski definition) is 1. The van der Waals surface area contributed by atoms with Gasteiger partial charge >= 0.3 is 6.09 Å². The van der Waals surface area contributed by atoms with Gasteiger partial charge in [0.05, 0.1) is 0 Å². The zero-order valence-electron chi connectivity index (χ0n) is 14.6. The number of halogens is 1. The number of nitrogens with zero attached hydrogens (tertiary/aromatic N) is 1. The van der Waals surface area contributed by atoms with Gasteiger partial charge in [-0.05, 0) is 69.5 Å². The van der Waals surface area contributed by atoms with E-state index in [0.717, 1.165) is 25.9 Å². The summed E-state index contributed by atoms with van der Waals surface area (Å²) in [5, 5.41) is 3.62. The maximum Gasteiger partial charge on any atom is 0.410 e. The maximum atomic E-state index is 12.4. The Kier molecular flexibility index (Phi) is 6.14. The van der Waals surface area contributed by atoms with Crippen molar-refractivity contribution < 1.29 is 9.53 Å². The number of rotatable bonds is 3. The van der Waals surface area contributed by atoms with Gasteiger partial charge in [0, 0.05) is 39.4 Å². The fourth-order valence-corrected chi connectivity index (χ4v) is 4.38. The predicted octanol–water partition coefficient (Wildman–Crippen LogP) is 4.70. The molecule has 1 fully saturated rings. The molecule has 0 spiro atoms. The Hall–Kier alpha value is -0.590. The molecule has 1 saturated heterocycles. The minimum absolute atomic E-state index is 0.142.